The van der Waals surface area contributed by atoms with Crippen LogP contribution in [0.15, 0.2) is 58.4 Å². The fraction of sp³-hybridized carbons (Fsp3) is 0.381. The minimum Gasteiger partial charge on any atom is -0.377 e. The first-order valence-electron chi connectivity index (χ1n) is 9.85. The number of hydrogen-bond donors (Lipinski definition) is 3. The maximum Gasteiger partial charge on any atom is 0.240 e. The highest BCUT2D eigenvalue weighted by molar-refractivity contribution is 7.89. The van der Waals surface area contributed by atoms with Crippen molar-refractivity contribution >= 4 is 16.0 Å². The molecule has 0 aliphatic carbocycles. The van der Waals surface area contributed by atoms with Gasteiger partial charge in [0.25, 0.3) is 0 Å². The van der Waals surface area contributed by atoms with E-state index in [2.05, 4.69) is 20.3 Å². The van der Waals surface area contributed by atoms with Crippen molar-refractivity contribution in [2.45, 2.75) is 36.9 Å². The lowest BCUT2D eigenvalue weighted by Gasteiger charge is -2.13. The van der Waals surface area contributed by atoms with Crippen LogP contribution in [0.25, 0.3) is 0 Å². The Morgan fingerprint density at radius 2 is 1.87 bits per heavy atom. The number of hydrogen-bond acceptors (Lipinski definition) is 4. The molecule has 162 valence electrons. The lowest BCUT2D eigenvalue weighted by atomic mass is 10.2. The Morgan fingerprint density at radius 1 is 1.13 bits per heavy atom. The van der Waals surface area contributed by atoms with Crippen LogP contribution in [0, 0.1) is 5.82 Å². The van der Waals surface area contributed by atoms with Gasteiger partial charge in [-0.15, -0.1) is 0 Å². The first-order chi connectivity index (χ1) is 14.5. The fourth-order valence-corrected chi connectivity index (χ4v) is 4.18. The van der Waals surface area contributed by atoms with E-state index in [1.165, 1.54) is 12.1 Å². The molecule has 1 aliphatic rings. The van der Waals surface area contributed by atoms with Crippen molar-refractivity contribution in [3.63, 3.8) is 0 Å². The summed E-state index contributed by atoms with van der Waals surface area (Å²) >= 11 is 0. The molecule has 1 atom stereocenters. The van der Waals surface area contributed by atoms with Crippen molar-refractivity contribution in [2.24, 2.45) is 4.99 Å². The Balaban J connectivity index is 1.49. The van der Waals surface area contributed by atoms with Crippen LogP contribution in [0.4, 0.5) is 4.39 Å². The molecule has 1 unspecified atom stereocenters. The Morgan fingerprint density at radius 3 is 2.50 bits per heavy atom. The van der Waals surface area contributed by atoms with Gasteiger partial charge in [-0.25, -0.2) is 17.5 Å². The van der Waals surface area contributed by atoms with Gasteiger partial charge in [0.2, 0.25) is 10.0 Å². The average Bonchev–Trinajstić information content (AvgIpc) is 3.27. The van der Waals surface area contributed by atoms with Gasteiger partial charge in [-0.05, 0) is 48.2 Å². The predicted octanol–water partition coefficient (Wildman–Crippen LogP) is 2.15. The molecule has 1 heterocycles. The minimum atomic E-state index is -3.56. The van der Waals surface area contributed by atoms with Gasteiger partial charge in [0, 0.05) is 33.3 Å². The van der Waals surface area contributed by atoms with Crippen molar-refractivity contribution < 1.29 is 17.5 Å². The maximum atomic E-state index is 13.3. The number of nitrogens with zero attached hydrogens (tertiary/aromatic N) is 1. The van der Waals surface area contributed by atoms with E-state index in [0.29, 0.717) is 32.2 Å². The van der Waals surface area contributed by atoms with Crippen molar-refractivity contribution in [3.8, 4) is 0 Å². The van der Waals surface area contributed by atoms with Crippen LogP contribution >= 0.6 is 0 Å². The standard InChI is InChI=1S/C21H27FN4O3S/c1-23-21(25-14-17-4-2-5-18(22)12-17)24-13-16-7-9-20(10-8-16)30(27,28)26-15-19-6-3-11-29-19/h2,4-5,7-10,12,19,26H,3,6,11,13-15H2,1H3,(H2,23,24,25). The molecule has 30 heavy (non-hydrogen) atoms. The monoisotopic (exact) mass is 434 g/mol. The van der Waals surface area contributed by atoms with Gasteiger partial charge in [-0.2, -0.15) is 0 Å². The molecule has 1 aliphatic heterocycles. The van der Waals surface area contributed by atoms with E-state index in [1.807, 2.05) is 6.07 Å². The predicted molar refractivity (Wildman–Crippen MR) is 114 cm³/mol. The lowest BCUT2D eigenvalue weighted by molar-refractivity contribution is 0.114. The summed E-state index contributed by atoms with van der Waals surface area (Å²) in [6, 6.07) is 13.0. The summed E-state index contributed by atoms with van der Waals surface area (Å²) in [6.07, 6.45) is 1.80. The summed E-state index contributed by atoms with van der Waals surface area (Å²) in [5, 5.41) is 6.27. The number of guanidine groups is 1. The zero-order valence-electron chi connectivity index (χ0n) is 16.9. The zero-order valence-corrected chi connectivity index (χ0v) is 17.7. The summed E-state index contributed by atoms with van der Waals surface area (Å²) < 4.78 is 46.2. The molecule has 9 heteroatoms. The van der Waals surface area contributed by atoms with Crippen molar-refractivity contribution in [3.05, 3.63) is 65.5 Å². The summed E-state index contributed by atoms with van der Waals surface area (Å²) in [5.74, 6) is 0.284. The molecule has 2 aromatic carbocycles. The molecule has 3 rings (SSSR count). The van der Waals surface area contributed by atoms with E-state index in [0.717, 1.165) is 24.0 Å². The Kier molecular flexibility index (Phi) is 7.78. The van der Waals surface area contributed by atoms with Crippen LogP contribution in [0.2, 0.25) is 0 Å². The normalized spacial score (nSPS) is 17.1. The number of ether oxygens (including phenoxy) is 1. The lowest BCUT2D eigenvalue weighted by Crippen LogP contribution is -2.36. The second-order valence-electron chi connectivity index (χ2n) is 7.04. The Hall–Kier alpha value is -2.49. The zero-order chi connectivity index (χ0) is 21.4. The minimum absolute atomic E-state index is 0.0464. The molecular weight excluding hydrogens is 407 g/mol. The van der Waals surface area contributed by atoms with Crippen LogP contribution in [0.5, 0.6) is 0 Å². The van der Waals surface area contributed by atoms with Crippen molar-refractivity contribution in [2.75, 3.05) is 20.2 Å². The third-order valence-electron chi connectivity index (χ3n) is 4.79. The first kappa shape index (κ1) is 22.2. The fourth-order valence-electron chi connectivity index (χ4n) is 3.12. The molecule has 0 radical (unpaired) electrons. The molecule has 1 saturated heterocycles. The highest BCUT2D eigenvalue weighted by Crippen LogP contribution is 2.14. The molecule has 1 fully saturated rings. The SMILES string of the molecule is CN=C(NCc1ccc(S(=O)(=O)NCC2CCCO2)cc1)NCc1cccc(F)c1. The first-order valence-corrected chi connectivity index (χ1v) is 11.3. The quantitative estimate of drug-likeness (QED) is 0.437. The summed E-state index contributed by atoms with van der Waals surface area (Å²) in [7, 11) is -1.91. The molecule has 2 aromatic rings. The third-order valence-corrected chi connectivity index (χ3v) is 6.23. The van der Waals surface area contributed by atoms with Crippen molar-refractivity contribution in [1.82, 2.24) is 15.4 Å². The molecular formula is C21H27FN4O3S. The van der Waals surface area contributed by atoms with Gasteiger partial charge < -0.3 is 15.4 Å². The summed E-state index contributed by atoms with van der Waals surface area (Å²) in [5.41, 5.74) is 1.71. The van der Waals surface area contributed by atoms with Gasteiger partial charge in [0.1, 0.15) is 5.82 Å². The van der Waals surface area contributed by atoms with Crippen LogP contribution in [0.1, 0.15) is 24.0 Å². The highest BCUT2D eigenvalue weighted by atomic mass is 32.2. The molecule has 3 N–H and O–H groups in total. The largest absolute Gasteiger partial charge is 0.377 e. The number of sulfonamides is 1. The van der Waals surface area contributed by atoms with Crippen LogP contribution < -0.4 is 15.4 Å². The second-order valence-corrected chi connectivity index (χ2v) is 8.81. The van der Waals surface area contributed by atoms with E-state index in [9.17, 15) is 12.8 Å². The topological polar surface area (TPSA) is 91.8 Å². The van der Waals surface area contributed by atoms with Crippen LogP contribution in [-0.4, -0.2) is 40.7 Å². The van der Waals surface area contributed by atoms with E-state index >= 15 is 0 Å². The molecule has 7 nitrogen and oxygen atoms in total. The van der Waals surface area contributed by atoms with Crippen molar-refractivity contribution in [1.29, 1.82) is 0 Å². The van der Waals surface area contributed by atoms with E-state index in [1.54, 1.807) is 37.4 Å². The third kappa shape index (κ3) is 6.51. The summed E-state index contributed by atoms with van der Waals surface area (Å²) in [6.45, 7) is 1.88. The number of aliphatic imine (C=N–C) groups is 1. The van der Waals surface area contributed by atoms with E-state index in [-0.39, 0.29) is 16.8 Å². The highest BCUT2D eigenvalue weighted by Gasteiger charge is 2.20. The Labute approximate surface area is 176 Å². The second kappa shape index (κ2) is 10.5. The maximum absolute atomic E-state index is 13.3. The van der Waals surface area contributed by atoms with Gasteiger partial charge in [-0.3, -0.25) is 4.99 Å². The van der Waals surface area contributed by atoms with Gasteiger partial charge in [0.05, 0.1) is 11.0 Å². The van der Waals surface area contributed by atoms with Crippen LogP contribution in [-0.2, 0) is 27.8 Å². The smallest absolute Gasteiger partial charge is 0.240 e. The number of benzene rings is 2. The average molecular weight is 435 g/mol. The summed E-state index contributed by atoms with van der Waals surface area (Å²) in [4.78, 5) is 4.36. The molecule has 0 saturated carbocycles. The van der Waals surface area contributed by atoms with Gasteiger partial charge in [0.15, 0.2) is 5.96 Å². The van der Waals surface area contributed by atoms with Crippen LogP contribution in [0.3, 0.4) is 0 Å². The number of nitrogens with one attached hydrogen (secondary N) is 3. The van der Waals surface area contributed by atoms with E-state index < -0.39 is 10.0 Å². The van der Waals surface area contributed by atoms with E-state index in [4.69, 9.17) is 4.74 Å². The Bertz CT molecular complexity index is 958. The molecule has 0 amide bonds. The molecule has 0 aromatic heterocycles. The molecule has 0 bridgehead atoms. The number of rotatable bonds is 8. The van der Waals surface area contributed by atoms with Gasteiger partial charge >= 0.3 is 0 Å². The number of halogens is 1. The van der Waals surface area contributed by atoms with Gasteiger partial charge in [-0.1, -0.05) is 24.3 Å². The molecule has 0 spiro atoms.